The van der Waals surface area contributed by atoms with Crippen molar-refractivity contribution in [3.05, 3.63) is 83.2 Å². The fraction of sp³-hybridized carbons (Fsp3) is 0.217. The number of nitrogens with zero attached hydrogens (tertiary/aromatic N) is 1. The Morgan fingerprint density at radius 1 is 1.00 bits per heavy atom. The van der Waals surface area contributed by atoms with Crippen LogP contribution in [0.25, 0.3) is 0 Å². The van der Waals surface area contributed by atoms with Gasteiger partial charge in [0, 0.05) is 30.4 Å². The van der Waals surface area contributed by atoms with Crippen molar-refractivity contribution in [2.45, 2.75) is 27.3 Å². The van der Waals surface area contributed by atoms with Gasteiger partial charge in [0.2, 0.25) is 11.7 Å². The van der Waals surface area contributed by atoms with Crippen LogP contribution in [-0.4, -0.2) is 22.9 Å². The molecule has 3 aromatic rings. The molecule has 1 heterocycles. The number of benzene rings is 2. The van der Waals surface area contributed by atoms with Gasteiger partial charge in [-0.3, -0.25) is 9.59 Å². The molecule has 5 heteroatoms. The van der Waals surface area contributed by atoms with Crippen LogP contribution >= 0.6 is 0 Å². The Labute approximate surface area is 165 Å². The lowest BCUT2D eigenvalue weighted by Gasteiger charge is -2.12. The van der Waals surface area contributed by atoms with Gasteiger partial charge in [-0.2, -0.15) is 0 Å². The van der Waals surface area contributed by atoms with Gasteiger partial charge >= 0.3 is 0 Å². The highest BCUT2D eigenvalue weighted by Gasteiger charge is 2.17. The monoisotopic (exact) mass is 376 g/mol. The Bertz CT molecular complexity index is 990. The normalized spacial score (nSPS) is 10.5. The number of carbonyl (C=O) groups is 2. The lowest BCUT2D eigenvalue weighted by molar-refractivity contribution is -0.114. The highest BCUT2D eigenvalue weighted by molar-refractivity contribution is 5.99. The van der Waals surface area contributed by atoms with Crippen LogP contribution in [0.3, 0.4) is 0 Å². The van der Waals surface area contributed by atoms with E-state index in [0.29, 0.717) is 17.0 Å². The zero-order chi connectivity index (χ0) is 20.1. The van der Waals surface area contributed by atoms with E-state index in [4.69, 9.17) is 4.74 Å². The van der Waals surface area contributed by atoms with Crippen LogP contribution in [0, 0.1) is 13.8 Å². The Balaban J connectivity index is 1.74. The van der Waals surface area contributed by atoms with Gasteiger partial charge in [-0.15, -0.1) is 0 Å². The van der Waals surface area contributed by atoms with E-state index in [0.717, 1.165) is 17.9 Å². The quantitative estimate of drug-likeness (QED) is 0.623. The number of nitrogens with one attached hydrogen (secondary N) is 1. The third-order valence-corrected chi connectivity index (χ3v) is 4.61. The van der Waals surface area contributed by atoms with Crippen molar-refractivity contribution in [1.29, 1.82) is 0 Å². The smallest absolute Gasteiger partial charge is 0.221 e. The van der Waals surface area contributed by atoms with Crippen molar-refractivity contribution in [2.24, 2.45) is 0 Å². The highest BCUT2D eigenvalue weighted by atomic mass is 16.5. The van der Waals surface area contributed by atoms with Gasteiger partial charge in [0.1, 0.15) is 5.75 Å². The molecule has 0 aliphatic rings. The molecule has 0 unspecified atom stereocenters. The topological polar surface area (TPSA) is 60.3 Å². The minimum Gasteiger partial charge on any atom is -0.483 e. The summed E-state index contributed by atoms with van der Waals surface area (Å²) in [5.41, 5.74) is 4.35. The third kappa shape index (κ3) is 4.49. The lowest BCUT2D eigenvalue weighted by Crippen LogP contribution is -2.14. The molecule has 1 aromatic heterocycles. The van der Waals surface area contributed by atoms with Crippen LogP contribution < -0.4 is 10.1 Å². The van der Waals surface area contributed by atoms with E-state index in [9.17, 15) is 9.59 Å². The summed E-state index contributed by atoms with van der Waals surface area (Å²) in [6.45, 7) is 6.02. The van der Waals surface area contributed by atoms with E-state index < -0.39 is 0 Å². The number of carbonyl (C=O) groups excluding carboxylic acids is 2. The Morgan fingerprint density at radius 3 is 2.39 bits per heavy atom. The first-order chi connectivity index (χ1) is 13.5. The Morgan fingerprint density at radius 2 is 1.68 bits per heavy atom. The van der Waals surface area contributed by atoms with Gasteiger partial charge < -0.3 is 14.6 Å². The van der Waals surface area contributed by atoms with Gasteiger partial charge in [0.15, 0.2) is 6.61 Å². The van der Waals surface area contributed by atoms with Crippen LogP contribution in [0.4, 0.5) is 5.69 Å². The first-order valence-electron chi connectivity index (χ1n) is 9.19. The Kier molecular flexibility index (Phi) is 5.94. The Hall–Kier alpha value is -3.34. The molecule has 28 heavy (non-hydrogen) atoms. The maximum atomic E-state index is 12.8. The minimum absolute atomic E-state index is 0.0910. The number of rotatable bonds is 7. The van der Waals surface area contributed by atoms with E-state index >= 15 is 0 Å². The molecular weight excluding hydrogens is 352 g/mol. The van der Waals surface area contributed by atoms with Gasteiger partial charge in [0.25, 0.3) is 0 Å². The van der Waals surface area contributed by atoms with Crippen LogP contribution in [0.2, 0.25) is 0 Å². The van der Waals surface area contributed by atoms with Crippen molar-refractivity contribution in [3.8, 4) is 5.75 Å². The molecule has 0 bridgehead atoms. The summed E-state index contributed by atoms with van der Waals surface area (Å²) in [5, 5.41) is 2.71. The maximum absolute atomic E-state index is 12.8. The molecule has 0 saturated carbocycles. The number of ether oxygens (including phenoxy) is 1. The van der Waals surface area contributed by atoms with Crippen LogP contribution in [0.1, 0.15) is 34.2 Å². The number of hydrogen-bond acceptors (Lipinski definition) is 3. The molecule has 2 aromatic carbocycles. The largest absolute Gasteiger partial charge is 0.483 e. The molecule has 0 saturated heterocycles. The predicted molar refractivity (Wildman–Crippen MR) is 110 cm³/mol. The zero-order valence-electron chi connectivity index (χ0n) is 16.4. The van der Waals surface area contributed by atoms with Crippen molar-refractivity contribution in [2.75, 3.05) is 11.9 Å². The zero-order valence-corrected chi connectivity index (χ0v) is 16.4. The van der Waals surface area contributed by atoms with E-state index in [-0.39, 0.29) is 18.3 Å². The first-order valence-corrected chi connectivity index (χ1v) is 9.19. The molecule has 0 spiro atoms. The summed E-state index contributed by atoms with van der Waals surface area (Å²) in [5.74, 6) is 0.195. The van der Waals surface area contributed by atoms with E-state index in [2.05, 4.69) is 22.0 Å². The number of anilines is 1. The number of hydrogen-bond donors (Lipinski definition) is 1. The summed E-state index contributed by atoms with van der Waals surface area (Å²) in [6.07, 6.45) is 0. The standard InChI is InChI=1S/C23H24N2O3/c1-16-13-20(17(2)25(16)14-19-9-5-4-6-10-19)22(27)15-28-23-12-8-7-11-21(23)24-18(3)26/h4-13H,14-15H2,1-3H3,(H,24,26). The summed E-state index contributed by atoms with van der Waals surface area (Å²) in [7, 11) is 0. The second kappa shape index (κ2) is 8.57. The van der Waals surface area contributed by atoms with E-state index in [1.54, 1.807) is 24.3 Å². The molecule has 0 aliphatic carbocycles. The number of aryl methyl sites for hydroxylation is 1. The second-order valence-electron chi connectivity index (χ2n) is 6.75. The molecule has 0 atom stereocenters. The van der Waals surface area contributed by atoms with Crippen molar-refractivity contribution < 1.29 is 14.3 Å². The van der Waals surface area contributed by atoms with Crippen molar-refractivity contribution >= 4 is 17.4 Å². The van der Waals surface area contributed by atoms with Crippen LogP contribution in [-0.2, 0) is 11.3 Å². The number of ketones is 1. The molecule has 0 radical (unpaired) electrons. The van der Waals surface area contributed by atoms with Crippen LogP contribution in [0.5, 0.6) is 5.75 Å². The molecule has 1 N–H and O–H groups in total. The first kappa shape index (κ1) is 19.4. The second-order valence-corrected chi connectivity index (χ2v) is 6.75. The van der Waals surface area contributed by atoms with E-state index in [1.165, 1.54) is 12.5 Å². The van der Waals surface area contributed by atoms with Gasteiger partial charge in [-0.05, 0) is 37.6 Å². The van der Waals surface area contributed by atoms with Gasteiger partial charge in [-0.25, -0.2) is 0 Å². The number of aromatic nitrogens is 1. The summed E-state index contributed by atoms with van der Waals surface area (Å²) in [4.78, 5) is 24.1. The van der Waals surface area contributed by atoms with E-state index in [1.807, 2.05) is 38.1 Å². The fourth-order valence-corrected chi connectivity index (χ4v) is 3.20. The SMILES string of the molecule is CC(=O)Nc1ccccc1OCC(=O)c1cc(C)n(Cc2ccccc2)c1C. The number of Topliss-reactive ketones (excluding diaryl/α,β-unsaturated/α-hetero) is 1. The summed E-state index contributed by atoms with van der Waals surface area (Å²) < 4.78 is 7.84. The third-order valence-electron chi connectivity index (χ3n) is 4.61. The fourth-order valence-electron chi connectivity index (χ4n) is 3.20. The van der Waals surface area contributed by atoms with Gasteiger partial charge in [0.05, 0.1) is 5.69 Å². The maximum Gasteiger partial charge on any atom is 0.221 e. The highest BCUT2D eigenvalue weighted by Crippen LogP contribution is 2.24. The molecule has 3 rings (SSSR count). The molecule has 144 valence electrons. The summed E-state index contributed by atoms with van der Waals surface area (Å²) >= 11 is 0. The predicted octanol–water partition coefficient (Wildman–Crippen LogP) is 4.37. The number of amides is 1. The minimum atomic E-state index is -0.188. The molecule has 0 fully saturated rings. The molecule has 1 amide bonds. The molecule has 5 nitrogen and oxygen atoms in total. The lowest BCUT2D eigenvalue weighted by atomic mass is 10.1. The van der Waals surface area contributed by atoms with Crippen LogP contribution in [0.15, 0.2) is 60.7 Å². The average Bonchev–Trinajstić information content (AvgIpc) is 2.96. The van der Waals surface area contributed by atoms with Crippen molar-refractivity contribution in [1.82, 2.24) is 4.57 Å². The summed E-state index contributed by atoms with van der Waals surface area (Å²) in [6, 6.07) is 19.1. The number of para-hydroxylation sites is 2. The molecule has 0 aliphatic heterocycles. The van der Waals surface area contributed by atoms with Crippen molar-refractivity contribution in [3.63, 3.8) is 0 Å². The molecular formula is C23H24N2O3. The van der Waals surface area contributed by atoms with Gasteiger partial charge in [-0.1, -0.05) is 42.5 Å². The average molecular weight is 376 g/mol.